The van der Waals surface area contributed by atoms with Crippen LogP contribution in [-0.2, 0) is 13.0 Å². The molecule has 2 amide bonds. The van der Waals surface area contributed by atoms with Gasteiger partial charge in [-0.25, -0.2) is 9.78 Å². The second-order valence-electron chi connectivity index (χ2n) is 4.24. The summed E-state index contributed by atoms with van der Waals surface area (Å²) in [6.45, 7) is -2.02. The van der Waals surface area contributed by atoms with Gasteiger partial charge in [0.15, 0.2) is 0 Å². The minimum absolute atomic E-state index is 0.228. The predicted octanol–water partition coefficient (Wildman–Crippen LogP) is 1.72. The summed E-state index contributed by atoms with van der Waals surface area (Å²) in [5.41, 5.74) is 0.924. The van der Waals surface area contributed by atoms with E-state index in [0.29, 0.717) is 6.54 Å². The summed E-state index contributed by atoms with van der Waals surface area (Å²) in [4.78, 5) is 19.3. The Morgan fingerprint density at radius 3 is 2.71 bits per heavy atom. The highest BCUT2D eigenvalue weighted by Crippen LogP contribution is 2.12. The van der Waals surface area contributed by atoms with Crippen LogP contribution in [0.25, 0.3) is 0 Å². The number of urea groups is 1. The summed E-state index contributed by atoms with van der Waals surface area (Å²) in [6, 6.07) is 3.22. The molecule has 21 heavy (non-hydrogen) atoms. The Morgan fingerprint density at radius 2 is 2.00 bits per heavy atom. The van der Waals surface area contributed by atoms with Gasteiger partial charge >= 0.3 is 12.6 Å². The molecule has 2 aromatic heterocycles. The first-order valence-electron chi connectivity index (χ1n) is 6.37. The SMILES string of the molecule is O=C(NCCc1nccn1C(F)F)NCc1ccncc1. The van der Waals surface area contributed by atoms with Crippen LogP contribution < -0.4 is 10.6 Å². The van der Waals surface area contributed by atoms with Gasteiger partial charge in [-0.1, -0.05) is 0 Å². The fraction of sp³-hybridized carbons (Fsp3) is 0.308. The third kappa shape index (κ3) is 4.51. The molecule has 0 aliphatic rings. The monoisotopic (exact) mass is 295 g/mol. The number of amides is 2. The van der Waals surface area contributed by atoms with E-state index in [0.717, 1.165) is 10.1 Å². The Bertz CT molecular complexity index is 573. The maximum absolute atomic E-state index is 12.6. The normalized spacial score (nSPS) is 10.6. The molecule has 2 rings (SSSR count). The molecule has 0 radical (unpaired) electrons. The number of imidazole rings is 1. The first-order chi connectivity index (χ1) is 10.2. The number of rotatable bonds is 6. The molecule has 0 aromatic carbocycles. The van der Waals surface area contributed by atoms with E-state index in [1.54, 1.807) is 24.5 Å². The number of pyridine rings is 1. The van der Waals surface area contributed by atoms with Gasteiger partial charge in [0.05, 0.1) is 0 Å². The topological polar surface area (TPSA) is 71.8 Å². The number of hydrogen-bond donors (Lipinski definition) is 2. The number of alkyl halides is 2. The molecule has 0 bridgehead atoms. The molecular weight excluding hydrogens is 280 g/mol. The van der Waals surface area contributed by atoms with Gasteiger partial charge in [-0.05, 0) is 17.7 Å². The van der Waals surface area contributed by atoms with Crippen molar-refractivity contribution >= 4 is 6.03 Å². The van der Waals surface area contributed by atoms with E-state index in [-0.39, 0.29) is 24.8 Å². The number of carbonyl (C=O) groups excluding carboxylic acids is 1. The minimum Gasteiger partial charge on any atom is -0.338 e. The van der Waals surface area contributed by atoms with Gasteiger partial charge < -0.3 is 10.6 Å². The molecule has 0 aliphatic heterocycles. The first kappa shape index (κ1) is 14.9. The third-order valence-corrected chi connectivity index (χ3v) is 2.80. The Labute approximate surface area is 120 Å². The average molecular weight is 295 g/mol. The second kappa shape index (κ2) is 7.32. The standard InChI is InChI=1S/C13H15F2N5O/c14-12(15)20-8-7-17-11(20)3-6-18-13(21)19-9-10-1-4-16-5-2-10/h1-2,4-5,7-8,12H,3,6,9H2,(H2,18,19,21). The molecule has 0 aliphatic carbocycles. The zero-order valence-corrected chi connectivity index (χ0v) is 11.2. The van der Waals surface area contributed by atoms with E-state index < -0.39 is 6.55 Å². The van der Waals surface area contributed by atoms with Gasteiger partial charge in [-0.3, -0.25) is 9.55 Å². The molecule has 0 unspecified atom stereocenters. The zero-order valence-electron chi connectivity index (χ0n) is 11.2. The molecule has 6 nitrogen and oxygen atoms in total. The van der Waals surface area contributed by atoms with Crippen LogP contribution in [0.2, 0.25) is 0 Å². The molecule has 2 heterocycles. The lowest BCUT2D eigenvalue weighted by Gasteiger charge is -2.09. The van der Waals surface area contributed by atoms with Crippen LogP contribution in [0.15, 0.2) is 36.9 Å². The lowest BCUT2D eigenvalue weighted by atomic mass is 10.3. The van der Waals surface area contributed by atoms with Crippen molar-refractivity contribution < 1.29 is 13.6 Å². The summed E-state index contributed by atoms with van der Waals surface area (Å²) < 4.78 is 25.9. The van der Waals surface area contributed by atoms with Crippen LogP contribution in [-0.4, -0.2) is 27.1 Å². The van der Waals surface area contributed by atoms with Crippen LogP contribution >= 0.6 is 0 Å². The summed E-state index contributed by atoms with van der Waals surface area (Å²) in [5, 5.41) is 5.26. The molecule has 8 heteroatoms. The molecule has 0 fully saturated rings. The van der Waals surface area contributed by atoms with E-state index >= 15 is 0 Å². The smallest absolute Gasteiger partial charge is 0.319 e. The maximum atomic E-state index is 12.6. The molecule has 112 valence electrons. The number of halogens is 2. The summed E-state index contributed by atoms with van der Waals surface area (Å²) in [5.74, 6) is 0.236. The van der Waals surface area contributed by atoms with Gasteiger partial charge in [0, 0.05) is 44.3 Å². The molecule has 0 atom stereocenters. The first-order valence-corrected chi connectivity index (χ1v) is 6.37. The van der Waals surface area contributed by atoms with Crippen molar-refractivity contribution in [2.75, 3.05) is 6.54 Å². The summed E-state index contributed by atoms with van der Waals surface area (Å²) in [6.07, 6.45) is 6.03. The Balaban J connectivity index is 1.71. The average Bonchev–Trinajstić information content (AvgIpc) is 2.95. The molecule has 0 saturated heterocycles. The highest BCUT2D eigenvalue weighted by Gasteiger charge is 2.11. The van der Waals surface area contributed by atoms with Crippen LogP contribution in [0.3, 0.4) is 0 Å². The van der Waals surface area contributed by atoms with E-state index in [1.807, 2.05) is 0 Å². The molecule has 0 saturated carbocycles. The van der Waals surface area contributed by atoms with E-state index in [1.165, 1.54) is 12.4 Å². The highest BCUT2D eigenvalue weighted by molar-refractivity contribution is 5.73. The van der Waals surface area contributed by atoms with Gasteiger partial charge in [-0.15, -0.1) is 0 Å². The third-order valence-electron chi connectivity index (χ3n) is 2.80. The fourth-order valence-corrected chi connectivity index (χ4v) is 1.75. The Kier molecular flexibility index (Phi) is 5.19. The van der Waals surface area contributed by atoms with Crippen LogP contribution in [0.5, 0.6) is 0 Å². The number of nitrogens with one attached hydrogen (secondary N) is 2. The van der Waals surface area contributed by atoms with E-state index in [4.69, 9.17) is 0 Å². The quantitative estimate of drug-likeness (QED) is 0.852. The van der Waals surface area contributed by atoms with Crippen molar-refractivity contribution in [1.29, 1.82) is 0 Å². The minimum atomic E-state index is -2.62. The van der Waals surface area contributed by atoms with Crippen LogP contribution in [0.4, 0.5) is 13.6 Å². The van der Waals surface area contributed by atoms with E-state index in [9.17, 15) is 13.6 Å². The van der Waals surface area contributed by atoms with Crippen molar-refractivity contribution in [3.8, 4) is 0 Å². The van der Waals surface area contributed by atoms with Crippen molar-refractivity contribution in [1.82, 2.24) is 25.2 Å². The Hall–Kier alpha value is -2.51. The van der Waals surface area contributed by atoms with Gasteiger partial charge in [0.2, 0.25) is 0 Å². The Morgan fingerprint density at radius 1 is 1.24 bits per heavy atom. The van der Waals surface area contributed by atoms with E-state index in [2.05, 4.69) is 20.6 Å². The van der Waals surface area contributed by atoms with Crippen LogP contribution in [0.1, 0.15) is 17.9 Å². The number of aromatic nitrogens is 3. The van der Waals surface area contributed by atoms with Gasteiger partial charge in [0.1, 0.15) is 5.82 Å². The summed E-state index contributed by atoms with van der Waals surface area (Å²) in [7, 11) is 0. The lowest BCUT2D eigenvalue weighted by Crippen LogP contribution is -2.36. The van der Waals surface area contributed by atoms with Gasteiger partial charge in [0.25, 0.3) is 0 Å². The molecular formula is C13H15F2N5O. The maximum Gasteiger partial charge on any atom is 0.319 e. The fourth-order valence-electron chi connectivity index (χ4n) is 1.75. The van der Waals surface area contributed by atoms with Gasteiger partial charge in [-0.2, -0.15) is 8.78 Å². The van der Waals surface area contributed by atoms with Crippen molar-refractivity contribution in [3.05, 3.63) is 48.3 Å². The van der Waals surface area contributed by atoms with Crippen LogP contribution in [0, 0.1) is 0 Å². The zero-order chi connectivity index (χ0) is 15.1. The van der Waals surface area contributed by atoms with Crippen molar-refractivity contribution in [2.24, 2.45) is 0 Å². The number of hydrogen-bond acceptors (Lipinski definition) is 3. The van der Waals surface area contributed by atoms with Crippen molar-refractivity contribution in [3.63, 3.8) is 0 Å². The number of carbonyl (C=O) groups is 1. The molecule has 0 spiro atoms. The largest absolute Gasteiger partial charge is 0.338 e. The second-order valence-corrected chi connectivity index (χ2v) is 4.24. The highest BCUT2D eigenvalue weighted by atomic mass is 19.3. The molecule has 2 aromatic rings. The van der Waals surface area contributed by atoms with Crippen molar-refractivity contribution in [2.45, 2.75) is 19.5 Å². The predicted molar refractivity (Wildman–Crippen MR) is 71.7 cm³/mol. The molecule has 2 N–H and O–H groups in total. The summed E-state index contributed by atoms with van der Waals surface area (Å²) >= 11 is 0. The number of nitrogens with zero attached hydrogens (tertiary/aromatic N) is 3. The lowest BCUT2D eigenvalue weighted by molar-refractivity contribution is 0.0670.